The number of benzene rings is 1. The molecular weight excluding hydrogens is 253 g/mol. The summed E-state index contributed by atoms with van der Waals surface area (Å²) >= 11 is 0.803. The van der Waals surface area contributed by atoms with E-state index in [2.05, 4.69) is 5.92 Å². The normalized spacial score (nSPS) is 17.3. The minimum Gasteiger partial charge on any atom is -0.268 e. The lowest BCUT2D eigenvalue weighted by molar-refractivity contribution is -0.122. The summed E-state index contributed by atoms with van der Waals surface area (Å²) in [5.74, 6) is 1.41. The summed E-state index contributed by atoms with van der Waals surface area (Å²) in [7, 11) is 0. The van der Waals surface area contributed by atoms with Crippen LogP contribution in [0.4, 0.5) is 9.18 Å². The van der Waals surface area contributed by atoms with Gasteiger partial charge in [-0.2, -0.15) is 0 Å². The first kappa shape index (κ1) is 12.4. The van der Waals surface area contributed by atoms with Crippen LogP contribution in [0.3, 0.4) is 0 Å². The van der Waals surface area contributed by atoms with Crippen LogP contribution >= 0.6 is 11.8 Å². The minimum absolute atomic E-state index is 0.0504. The molecule has 1 fully saturated rings. The Kier molecular flexibility index (Phi) is 3.49. The number of imide groups is 1. The minimum atomic E-state index is -0.438. The van der Waals surface area contributed by atoms with Gasteiger partial charge in [0.1, 0.15) is 5.82 Å². The van der Waals surface area contributed by atoms with Crippen LogP contribution in [0.2, 0.25) is 0 Å². The zero-order chi connectivity index (χ0) is 13.1. The van der Waals surface area contributed by atoms with Crippen LogP contribution in [0.25, 0.3) is 6.08 Å². The van der Waals surface area contributed by atoms with Crippen LogP contribution in [0.1, 0.15) is 5.56 Å². The predicted octanol–water partition coefficient (Wildman–Crippen LogP) is 2.50. The molecule has 2 amide bonds. The lowest BCUT2D eigenvalue weighted by atomic mass is 10.2. The van der Waals surface area contributed by atoms with E-state index in [1.807, 2.05) is 0 Å². The molecule has 0 bridgehead atoms. The number of rotatable bonds is 2. The maximum Gasteiger partial charge on any atom is 0.294 e. The van der Waals surface area contributed by atoms with Gasteiger partial charge in [-0.3, -0.25) is 14.5 Å². The van der Waals surface area contributed by atoms with Crippen LogP contribution in [-0.2, 0) is 4.79 Å². The Morgan fingerprint density at radius 1 is 1.44 bits per heavy atom. The molecule has 0 saturated carbocycles. The molecule has 2 rings (SSSR count). The van der Waals surface area contributed by atoms with Gasteiger partial charge in [0.25, 0.3) is 11.1 Å². The van der Waals surface area contributed by atoms with Crippen LogP contribution in [0.15, 0.2) is 29.2 Å². The highest BCUT2D eigenvalue weighted by atomic mass is 32.2. The number of hydrogen-bond donors (Lipinski definition) is 0. The third-order valence-corrected chi connectivity index (χ3v) is 3.18. The molecule has 1 heterocycles. The summed E-state index contributed by atoms with van der Waals surface area (Å²) in [6, 6.07) is 5.78. The number of thioether (sulfide) groups is 1. The molecule has 90 valence electrons. The maximum atomic E-state index is 13.0. The van der Waals surface area contributed by atoms with Crippen molar-refractivity contribution in [3.8, 4) is 12.3 Å². The van der Waals surface area contributed by atoms with Crippen molar-refractivity contribution in [3.63, 3.8) is 0 Å². The first-order valence-electron chi connectivity index (χ1n) is 5.06. The fourth-order valence-corrected chi connectivity index (χ4v) is 2.31. The predicted molar refractivity (Wildman–Crippen MR) is 67.9 cm³/mol. The number of terminal acetylenes is 1. The summed E-state index contributed by atoms with van der Waals surface area (Å²) in [5, 5.41) is -0.402. The molecule has 5 heteroatoms. The van der Waals surface area contributed by atoms with E-state index in [-0.39, 0.29) is 11.4 Å². The fourth-order valence-electron chi connectivity index (χ4n) is 1.48. The molecule has 0 aliphatic carbocycles. The molecule has 1 aromatic rings. The van der Waals surface area contributed by atoms with Crippen molar-refractivity contribution in [2.75, 3.05) is 6.54 Å². The first-order valence-corrected chi connectivity index (χ1v) is 5.88. The highest BCUT2D eigenvalue weighted by Crippen LogP contribution is 2.31. The maximum absolute atomic E-state index is 13.0. The molecule has 0 aromatic heterocycles. The second-order valence-corrected chi connectivity index (χ2v) is 4.52. The summed E-state index contributed by atoms with van der Waals surface area (Å²) in [6.07, 6.45) is 6.55. The molecule has 1 aliphatic heterocycles. The van der Waals surface area contributed by atoms with Gasteiger partial charge < -0.3 is 0 Å². The number of carbonyl (C=O) groups excluding carboxylic acids is 2. The fraction of sp³-hybridized carbons (Fsp3) is 0.0769. The molecule has 18 heavy (non-hydrogen) atoms. The van der Waals surface area contributed by atoms with Gasteiger partial charge in [-0.25, -0.2) is 4.39 Å². The molecule has 0 radical (unpaired) electrons. The van der Waals surface area contributed by atoms with Gasteiger partial charge in [0, 0.05) is 0 Å². The van der Waals surface area contributed by atoms with E-state index in [1.54, 1.807) is 6.07 Å². The Balaban J connectivity index is 2.28. The molecule has 1 saturated heterocycles. The number of carbonyl (C=O) groups is 2. The van der Waals surface area contributed by atoms with E-state index in [9.17, 15) is 14.0 Å². The Hall–Kier alpha value is -2.06. The van der Waals surface area contributed by atoms with Crippen molar-refractivity contribution < 1.29 is 14.0 Å². The Morgan fingerprint density at radius 2 is 2.22 bits per heavy atom. The van der Waals surface area contributed by atoms with E-state index in [4.69, 9.17) is 6.42 Å². The molecule has 3 nitrogen and oxygen atoms in total. The largest absolute Gasteiger partial charge is 0.294 e. The highest BCUT2D eigenvalue weighted by Gasteiger charge is 2.34. The lowest BCUT2D eigenvalue weighted by Crippen LogP contribution is -2.28. The molecule has 0 atom stereocenters. The Morgan fingerprint density at radius 3 is 2.89 bits per heavy atom. The second kappa shape index (κ2) is 5.07. The highest BCUT2D eigenvalue weighted by molar-refractivity contribution is 8.18. The topological polar surface area (TPSA) is 37.4 Å². The van der Waals surface area contributed by atoms with Gasteiger partial charge in [-0.15, -0.1) is 6.42 Å². The number of nitrogens with zero attached hydrogens (tertiary/aromatic N) is 1. The Labute approximate surface area is 108 Å². The molecular formula is C13H8FNO2S. The first-order chi connectivity index (χ1) is 8.61. The van der Waals surface area contributed by atoms with Crippen molar-refractivity contribution in [2.45, 2.75) is 0 Å². The van der Waals surface area contributed by atoms with E-state index in [1.165, 1.54) is 24.3 Å². The monoisotopic (exact) mass is 261 g/mol. The third-order valence-electron chi connectivity index (χ3n) is 2.27. The summed E-state index contributed by atoms with van der Waals surface area (Å²) in [4.78, 5) is 24.6. The number of hydrogen-bond acceptors (Lipinski definition) is 3. The summed E-state index contributed by atoms with van der Waals surface area (Å²) < 4.78 is 13.0. The lowest BCUT2D eigenvalue weighted by Gasteiger charge is -2.06. The van der Waals surface area contributed by atoms with Crippen molar-refractivity contribution in [1.82, 2.24) is 4.90 Å². The third kappa shape index (κ3) is 2.44. The molecule has 1 aliphatic rings. The van der Waals surface area contributed by atoms with Gasteiger partial charge in [0.15, 0.2) is 0 Å². The van der Waals surface area contributed by atoms with Crippen molar-refractivity contribution in [1.29, 1.82) is 0 Å². The summed E-state index contributed by atoms with van der Waals surface area (Å²) in [5.41, 5.74) is 0.529. The SMILES string of the molecule is C#CCN1C(=O)SC(=Cc2cccc(F)c2)C1=O. The standard InChI is InChI=1S/C13H8FNO2S/c1-2-6-15-12(16)11(18-13(15)17)8-9-4-3-5-10(14)7-9/h1,3-5,7-8H,6H2. The van der Waals surface area contributed by atoms with Crippen molar-refractivity contribution in [3.05, 3.63) is 40.6 Å². The van der Waals surface area contributed by atoms with Crippen molar-refractivity contribution >= 4 is 29.0 Å². The van der Waals surface area contributed by atoms with Crippen LogP contribution in [0, 0.1) is 18.2 Å². The number of halogens is 1. The van der Waals surface area contributed by atoms with Gasteiger partial charge in [0.05, 0.1) is 11.4 Å². The number of amides is 2. The average molecular weight is 261 g/mol. The van der Waals surface area contributed by atoms with E-state index >= 15 is 0 Å². The van der Waals surface area contributed by atoms with Crippen LogP contribution < -0.4 is 0 Å². The average Bonchev–Trinajstić information content (AvgIpc) is 2.57. The Bertz CT molecular complexity index is 589. The molecule has 1 aromatic carbocycles. The smallest absolute Gasteiger partial charge is 0.268 e. The van der Waals surface area contributed by atoms with E-state index < -0.39 is 17.0 Å². The zero-order valence-corrected chi connectivity index (χ0v) is 10.0. The van der Waals surface area contributed by atoms with Crippen LogP contribution in [0.5, 0.6) is 0 Å². The van der Waals surface area contributed by atoms with Crippen molar-refractivity contribution in [2.24, 2.45) is 0 Å². The van der Waals surface area contributed by atoms with E-state index in [0.717, 1.165) is 16.7 Å². The second-order valence-electron chi connectivity index (χ2n) is 3.53. The quantitative estimate of drug-likeness (QED) is 0.606. The zero-order valence-electron chi connectivity index (χ0n) is 9.22. The van der Waals surface area contributed by atoms with E-state index in [0.29, 0.717) is 5.56 Å². The molecule has 0 N–H and O–H groups in total. The summed E-state index contributed by atoms with van der Waals surface area (Å²) in [6.45, 7) is -0.0504. The van der Waals surface area contributed by atoms with Crippen LogP contribution in [-0.4, -0.2) is 22.6 Å². The molecule has 0 unspecified atom stereocenters. The van der Waals surface area contributed by atoms with Gasteiger partial charge in [-0.05, 0) is 35.5 Å². The van der Waals surface area contributed by atoms with Gasteiger partial charge in [-0.1, -0.05) is 18.1 Å². The van der Waals surface area contributed by atoms with Gasteiger partial charge >= 0.3 is 0 Å². The van der Waals surface area contributed by atoms with Gasteiger partial charge in [0.2, 0.25) is 0 Å². The molecule has 0 spiro atoms.